The van der Waals surface area contributed by atoms with E-state index in [2.05, 4.69) is 10.2 Å². The van der Waals surface area contributed by atoms with E-state index in [9.17, 15) is 9.59 Å². The molecule has 20 heavy (non-hydrogen) atoms. The normalized spacial score (nSPS) is 38.0. The Hall–Kier alpha value is -1.10. The largest absolute Gasteiger partial charge is 0.342 e. The third kappa shape index (κ3) is 2.32. The lowest BCUT2D eigenvalue weighted by Crippen LogP contribution is -2.68. The molecule has 4 aliphatic heterocycles. The summed E-state index contributed by atoms with van der Waals surface area (Å²) >= 11 is 0. The highest BCUT2D eigenvalue weighted by atomic mass is 16.2. The van der Waals surface area contributed by atoms with Crippen molar-refractivity contribution in [3.63, 3.8) is 0 Å². The van der Waals surface area contributed by atoms with Crippen LogP contribution in [0.3, 0.4) is 0 Å². The number of carbonyl (C=O) groups excluding carboxylic acids is 2. The lowest BCUT2D eigenvalue weighted by Gasteiger charge is -2.51. The smallest absolute Gasteiger partial charge is 0.246 e. The summed E-state index contributed by atoms with van der Waals surface area (Å²) in [5.74, 6) is 0.673. The molecule has 0 aromatic carbocycles. The van der Waals surface area contributed by atoms with Gasteiger partial charge in [-0.1, -0.05) is 20.8 Å². The summed E-state index contributed by atoms with van der Waals surface area (Å²) in [5.41, 5.74) is -0.237. The highest BCUT2D eigenvalue weighted by molar-refractivity contribution is 5.95. The fraction of sp³-hybridized carbons (Fsp3) is 0.867. The molecule has 4 aliphatic rings. The maximum Gasteiger partial charge on any atom is 0.246 e. The van der Waals surface area contributed by atoms with Crippen LogP contribution in [-0.4, -0.2) is 59.9 Å². The summed E-state index contributed by atoms with van der Waals surface area (Å²) in [6.45, 7) is 9.51. The van der Waals surface area contributed by atoms with Crippen LogP contribution in [0.5, 0.6) is 0 Å². The van der Waals surface area contributed by atoms with Gasteiger partial charge in [-0.3, -0.25) is 9.59 Å². The van der Waals surface area contributed by atoms with Crippen molar-refractivity contribution in [3.05, 3.63) is 0 Å². The highest BCUT2D eigenvalue weighted by Gasteiger charge is 2.46. The molecule has 112 valence electrons. The Balaban J connectivity index is 1.81. The fourth-order valence-corrected chi connectivity index (χ4v) is 3.82. The Morgan fingerprint density at radius 3 is 2.30 bits per heavy atom. The summed E-state index contributed by atoms with van der Waals surface area (Å²) in [6.07, 6.45) is 2.33. The van der Waals surface area contributed by atoms with Crippen LogP contribution in [-0.2, 0) is 9.59 Å². The Kier molecular flexibility index (Phi) is 3.27. The number of amides is 2. The molecular formula is C15H25N3O2. The van der Waals surface area contributed by atoms with E-state index in [1.807, 2.05) is 25.7 Å². The van der Waals surface area contributed by atoms with Gasteiger partial charge in [-0.2, -0.15) is 0 Å². The summed E-state index contributed by atoms with van der Waals surface area (Å²) < 4.78 is 0. The molecule has 0 spiro atoms. The van der Waals surface area contributed by atoms with E-state index in [1.165, 1.54) is 0 Å². The standard InChI is InChI=1S/C15H25N3O2/c1-15(2,3)13-14(20)18(9-12(19)16-13)11-8-17-6-4-10(11)5-7-17/h10-11,13H,4-9H2,1-3H3,(H,16,19). The van der Waals surface area contributed by atoms with Crippen molar-refractivity contribution in [1.82, 2.24) is 15.1 Å². The quantitative estimate of drug-likeness (QED) is 0.758. The number of nitrogens with one attached hydrogen (secondary N) is 1. The lowest BCUT2D eigenvalue weighted by atomic mass is 9.80. The second kappa shape index (κ2) is 4.72. The Morgan fingerprint density at radius 1 is 1.15 bits per heavy atom. The first kappa shape index (κ1) is 13.9. The van der Waals surface area contributed by atoms with E-state index in [0.29, 0.717) is 5.92 Å². The molecular weight excluding hydrogens is 254 g/mol. The molecule has 5 heteroatoms. The van der Waals surface area contributed by atoms with E-state index in [4.69, 9.17) is 0 Å². The highest BCUT2D eigenvalue weighted by Crippen LogP contribution is 2.33. The first-order valence-electron chi connectivity index (χ1n) is 7.68. The maximum atomic E-state index is 12.8. The van der Waals surface area contributed by atoms with Crippen LogP contribution < -0.4 is 5.32 Å². The minimum absolute atomic E-state index is 0.0130. The van der Waals surface area contributed by atoms with Crippen LogP contribution in [0.15, 0.2) is 0 Å². The van der Waals surface area contributed by atoms with Gasteiger partial charge in [-0.05, 0) is 37.3 Å². The second-order valence-electron chi connectivity index (χ2n) is 7.54. The maximum absolute atomic E-state index is 12.8. The van der Waals surface area contributed by atoms with Gasteiger partial charge in [0.25, 0.3) is 0 Å². The molecule has 0 radical (unpaired) electrons. The predicted octanol–water partition coefficient (Wildman–Crippen LogP) is 0.454. The molecule has 2 amide bonds. The SMILES string of the molecule is CC(C)(C)C1NC(=O)CN(C2CN3CCC2CC3)C1=O. The molecule has 5 nitrogen and oxygen atoms in total. The Labute approximate surface area is 120 Å². The Morgan fingerprint density at radius 2 is 1.80 bits per heavy atom. The summed E-state index contributed by atoms with van der Waals surface area (Å²) in [5, 5.41) is 2.88. The number of rotatable bonds is 1. The van der Waals surface area contributed by atoms with Crippen LogP contribution in [0.4, 0.5) is 0 Å². The van der Waals surface area contributed by atoms with Crippen molar-refractivity contribution in [2.45, 2.75) is 45.7 Å². The molecule has 2 atom stereocenters. The number of carbonyl (C=O) groups is 2. The number of hydrogen-bond acceptors (Lipinski definition) is 3. The number of fused-ring (bicyclic) bond motifs is 3. The van der Waals surface area contributed by atoms with Gasteiger partial charge < -0.3 is 15.1 Å². The van der Waals surface area contributed by atoms with Crippen molar-refractivity contribution in [2.24, 2.45) is 11.3 Å². The van der Waals surface area contributed by atoms with Crippen LogP contribution in [0.2, 0.25) is 0 Å². The summed E-state index contributed by atoms with van der Waals surface area (Å²) in [6, 6.07) is -0.153. The number of hydrogen-bond donors (Lipinski definition) is 1. The molecule has 2 unspecified atom stereocenters. The number of piperidine rings is 3. The van der Waals surface area contributed by atoms with E-state index in [0.717, 1.165) is 32.5 Å². The average molecular weight is 279 g/mol. The van der Waals surface area contributed by atoms with E-state index >= 15 is 0 Å². The predicted molar refractivity (Wildman–Crippen MR) is 76.1 cm³/mol. The van der Waals surface area contributed by atoms with Crippen molar-refractivity contribution >= 4 is 11.8 Å². The van der Waals surface area contributed by atoms with E-state index < -0.39 is 0 Å². The summed E-state index contributed by atoms with van der Waals surface area (Å²) in [7, 11) is 0. The first-order chi connectivity index (χ1) is 9.36. The molecule has 4 fully saturated rings. The van der Waals surface area contributed by atoms with Gasteiger partial charge in [0.05, 0.1) is 6.54 Å². The topological polar surface area (TPSA) is 52.7 Å². The van der Waals surface area contributed by atoms with Crippen molar-refractivity contribution in [3.8, 4) is 0 Å². The zero-order valence-electron chi connectivity index (χ0n) is 12.7. The van der Waals surface area contributed by atoms with Crippen LogP contribution in [0.1, 0.15) is 33.6 Å². The average Bonchev–Trinajstić information content (AvgIpc) is 2.41. The molecule has 4 rings (SSSR count). The van der Waals surface area contributed by atoms with Gasteiger partial charge in [0.2, 0.25) is 11.8 Å². The van der Waals surface area contributed by atoms with Gasteiger partial charge >= 0.3 is 0 Å². The van der Waals surface area contributed by atoms with E-state index in [1.54, 1.807) is 0 Å². The fourth-order valence-electron chi connectivity index (χ4n) is 3.82. The molecule has 0 aromatic heterocycles. The molecule has 1 N–H and O–H groups in total. The van der Waals surface area contributed by atoms with Gasteiger partial charge in [-0.15, -0.1) is 0 Å². The van der Waals surface area contributed by atoms with Gasteiger partial charge in [0.15, 0.2) is 0 Å². The van der Waals surface area contributed by atoms with Crippen LogP contribution in [0.25, 0.3) is 0 Å². The Bertz CT molecular complexity index is 421. The van der Waals surface area contributed by atoms with Crippen molar-refractivity contribution in [2.75, 3.05) is 26.2 Å². The van der Waals surface area contributed by atoms with E-state index in [-0.39, 0.29) is 35.9 Å². The third-order valence-corrected chi connectivity index (χ3v) is 5.04. The first-order valence-corrected chi connectivity index (χ1v) is 7.68. The zero-order valence-corrected chi connectivity index (χ0v) is 12.7. The monoisotopic (exact) mass is 279 g/mol. The zero-order chi connectivity index (χ0) is 14.5. The minimum atomic E-state index is -0.390. The van der Waals surface area contributed by atoms with Crippen LogP contribution >= 0.6 is 0 Å². The molecule has 4 heterocycles. The van der Waals surface area contributed by atoms with Gasteiger partial charge in [0.1, 0.15) is 6.04 Å². The van der Waals surface area contributed by atoms with Gasteiger partial charge in [0, 0.05) is 12.6 Å². The number of nitrogens with zero attached hydrogens (tertiary/aromatic N) is 2. The third-order valence-electron chi connectivity index (χ3n) is 5.04. The summed E-state index contributed by atoms with van der Waals surface area (Å²) in [4.78, 5) is 29.1. The van der Waals surface area contributed by atoms with Crippen molar-refractivity contribution in [1.29, 1.82) is 0 Å². The molecule has 0 aromatic rings. The van der Waals surface area contributed by atoms with Gasteiger partial charge in [-0.25, -0.2) is 0 Å². The minimum Gasteiger partial charge on any atom is -0.342 e. The van der Waals surface area contributed by atoms with Crippen molar-refractivity contribution < 1.29 is 9.59 Å². The number of piperazine rings is 1. The van der Waals surface area contributed by atoms with Crippen LogP contribution in [0, 0.1) is 11.3 Å². The molecule has 2 bridgehead atoms. The lowest BCUT2D eigenvalue weighted by molar-refractivity contribution is -0.153. The molecule has 4 saturated heterocycles. The molecule has 0 aliphatic carbocycles. The second-order valence-corrected chi connectivity index (χ2v) is 7.54. The molecule has 0 saturated carbocycles.